The van der Waals surface area contributed by atoms with Crippen molar-refractivity contribution in [2.45, 2.75) is 37.9 Å². The highest BCUT2D eigenvalue weighted by Crippen LogP contribution is 2.32. The Morgan fingerprint density at radius 1 is 1.16 bits per heavy atom. The lowest BCUT2D eigenvalue weighted by molar-refractivity contribution is 0.0332. The van der Waals surface area contributed by atoms with Gasteiger partial charge in [0.2, 0.25) is 0 Å². The highest BCUT2D eigenvalue weighted by molar-refractivity contribution is 5.87. The lowest BCUT2D eigenvalue weighted by Gasteiger charge is -2.44. The van der Waals surface area contributed by atoms with Gasteiger partial charge in [0, 0.05) is 43.9 Å². The summed E-state index contributed by atoms with van der Waals surface area (Å²) in [4.78, 5) is 5.20. The van der Waals surface area contributed by atoms with Crippen molar-refractivity contribution in [2.75, 3.05) is 33.4 Å². The average Bonchev–Trinajstić information content (AvgIpc) is 3.09. The van der Waals surface area contributed by atoms with Gasteiger partial charge in [-0.3, -0.25) is 9.80 Å². The van der Waals surface area contributed by atoms with Gasteiger partial charge in [0.25, 0.3) is 0 Å². The standard InChI is InChI=1S/C21H28N2O2/c1-25-21-9-8-16-5-2-3-7-19(16)20(21)15-23-14-17-6-4-11-22(17)13-18(23)10-12-24/h2-3,5,7-9,17-18,24H,4,6,10-15H2,1H3/t17-,18-/m0/s1. The van der Waals surface area contributed by atoms with Crippen molar-refractivity contribution >= 4 is 10.8 Å². The van der Waals surface area contributed by atoms with E-state index in [1.54, 1.807) is 7.11 Å². The van der Waals surface area contributed by atoms with Gasteiger partial charge >= 0.3 is 0 Å². The van der Waals surface area contributed by atoms with Gasteiger partial charge in [-0.15, -0.1) is 0 Å². The van der Waals surface area contributed by atoms with Gasteiger partial charge in [0.15, 0.2) is 0 Å². The predicted octanol–water partition coefficient (Wildman–Crippen LogP) is 2.88. The number of piperazine rings is 1. The Morgan fingerprint density at radius 2 is 2.04 bits per heavy atom. The third-order valence-electron chi connectivity index (χ3n) is 5.95. The Morgan fingerprint density at radius 3 is 2.88 bits per heavy atom. The van der Waals surface area contributed by atoms with E-state index in [2.05, 4.69) is 46.2 Å². The van der Waals surface area contributed by atoms with Crippen LogP contribution in [0.25, 0.3) is 10.8 Å². The number of aliphatic hydroxyl groups excluding tert-OH is 1. The van der Waals surface area contributed by atoms with Crippen molar-refractivity contribution in [1.82, 2.24) is 9.80 Å². The molecule has 0 spiro atoms. The number of hydrogen-bond donors (Lipinski definition) is 1. The molecule has 0 amide bonds. The highest BCUT2D eigenvalue weighted by Gasteiger charge is 2.36. The van der Waals surface area contributed by atoms with Crippen LogP contribution in [0.3, 0.4) is 0 Å². The Kier molecular flexibility index (Phi) is 4.93. The van der Waals surface area contributed by atoms with Crippen LogP contribution >= 0.6 is 0 Å². The molecule has 4 heteroatoms. The minimum atomic E-state index is 0.256. The molecule has 0 aromatic heterocycles. The van der Waals surface area contributed by atoms with E-state index in [1.807, 2.05) is 0 Å². The first-order chi connectivity index (χ1) is 12.3. The third kappa shape index (κ3) is 3.26. The zero-order valence-electron chi connectivity index (χ0n) is 15.0. The zero-order valence-corrected chi connectivity index (χ0v) is 15.0. The van der Waals surface area contributed by atoms with Crippen LogP contribution in [-0.4, -0.2) is 60.3 Å². The van der Waals surface area contributed by atoms with Crippen LogP contribution in [0.2, 0.25) is 0 Å². The number of nitrogens with zero attached hydrogens (tertiary/aromatic N) is 2. The average molecular weight is 340 g/mol. The monoisotopic (exact) mass is 340 g/mol. The van der Waals surface area contributed by atoms with Gasteiger partial charge in [-0.25, -0.2) is 0 Å². The van der Waals surface area contributed by atoms with Crippen LogP contribution < -0.4 is 4.74 Å². The summed E-state index contributed by atoms with van der Waals surface area (Å²) in [5.41, 5.74) is 1.27. The van der Waals surface area contributed by atoms with Crippen molar-refractivity contribution in [3.8, 4) is 5.75 Å². The summed E-state index contributed by atoms with van der Waals surface area (Å²) >= 11 is 0. The maximum Gasteiger partial charge on any atom is 0.123 e. The van der Waals surface area contributed by atoms with Crippen LogP contribution in [0.4, 0.5) is 0 Å². The van der Waals surface area contributed by atoms with Crippen molar-refractivity contribution in [1.29, 1.82) is 0 Å². The second-order valence-corrected chi connectivity index (χ2v) is 7.35. The maximum absolute atomic E-state index is 9.55. The summed E-state index contributed by atoms with van der Waals surface area (Å²) in [5, 5.41) is 12.1. The lowest BCUT2D eigenvalue weighted by Crippen LogP contribution is -2.55. The summed E-state index contributed by atoms with van der Waals surface area (Å²) in [6.07, 6.45) is 3.45. The predicted molar refractivity (Wildman–Crippen MR) is 101 cm³/mol. The quantitative estimate of drug-likeness (QED) is 0.908. The van der Waals surface area contributed by atoms with Crippen LogP contribution in [0.5, 0.6) is 5.75 Å². The van der Waals surface area contributed by atoms with Crippen LogP contribution in [0, 0.1) is 0 Å². The zero-order chi connectivity index (χ0) is 17.2. The molecule has 2 aromatic carbocycles. The van der Waals surface area contributed by atoms with Crippen LogP contribution in [-0.2, 0) is 6.54 Å². The Balaban J connectivity index is 1.66. The number of benzene rings is 2. The van der Waals surface area contributed by atoms with E-state index in [0.717, 1.165) is 31.8 Å². The molecule has 0 saturated carbocycles. The Labute approximate surface area is 150 Å². The third-order valence-corrected chi connectivity index (χ3v) is 5.95. The fourth-order valence-corrected chi connectivity index (χ4v) is 4.64. The van der Waals surface area contributed by atoms with Gasteiger partial charge in [-0.1, -0.05) is 30.3 Å². The van der Waals surface area contributed by atoms with Gasteiger partial charge in [0.1, 0.15) is 5.75 Å². The molecule has 2 aliphatic heterocycles. The van der Waals surface area contributed by atoms with E-state index in [9.17, 15) is 5.11 Å². The number of rotatable bonds is 5. The minimum absolute atomic E-state index is 0.256. The molecule has 2 aliphatic rings. The van der Waals surface area contributed by atoms with Crippen LogP contribution in [0.15, 0.2) is 36.4 Å². The SMILES string of the molecule is COc1ccc2ccccc2c1CN1C[C@@H]2CCCN2C[C@@H]1CCO. The molecule has 2 saturated heterocycles. The smallest absolute Gasteiger partial charge is 0.123 e. The summed E-state index contributed by atoms with van der Waals surface area (Å²) in [7, 11) is 1.76. The molecular weight excluding hydrogens is 312 g/mol. The van der Waals surface area contributed by atoms with E-state index in [4.69, 9.17) is 4.74 Å². The molecule has 1 N–H and O–H groups in total. The van der Waals surface area contributed by atoms with E-state index in [0.29, 0.717) is 12.1 Å². The van der Waals surface area contributed by atoms with Crippen molar-refractivity contribution < 1.29 is 9.84 Å². The Bertz CT molecular complexity index is 733. The first kappa shape index (κ1) is 16.8. The fourth-order valence-electron chi connectivity index (χ4n) is 4.64. The summed E-state index contributed by atoms with van der Waals surface area (Å²) in [6, 6.07) is 13.9. The number of ether oxygens (including phenoxy) is 1. The number of fused-ring (bicyclic) bond motifs is 2. The molecule has 0 radical (unpaired) electrons. The van der Waals surface area contributed by atoms with E-state index in [1.165, 1.54) is 35.7 Å². The van der Waals surface area contributed by atoms with Crippen molar-refractivity contribution in [2.24, 2.45) is 0 Å². The largest absolute Gasteiger partial charge is 0.496 e. The van der Waals surface area contributed by atoms with Gasteiger partial charge in [0.05, 0.1) is 7.11 Å². The van der Waals surface area contributed by atoms with E-state index < -0.39 is 0 Å². The van der Waals surface area contributed by atoms with Gasteiger partial charge < -0.3 is 9.84 Å². The first-order valence-electron chi connectivity index (χ1n) is 9.43. The molecule has 25 heavy (non-hydrogen) atoms. The molecule has 2 fully saturated rings. The minimum Gasteiger partial charge on any atom is -0.496 e. The lowest BCUT2D eigenvalue weighted by atomic mass is 9.99. The molecule has 2 atom stereocenters. The highest BCUT2D eigenvalue weighted by atomic mass is 16.5. The second kappa shape index (κ2) is 7.32. The summed E-state index contributed by atoms with van der Waals surface area (Å²) in [6.45, 7) is 4.54. The molecular formula is C21H28N2O2. The molecule has 4 nitrogen and oxygen atoms in total. The number of hydrogen-bond acceptors (Lipinski definition) is 4. The Hall–Kier alpha value is -1.62. The van der Waals surface area contributed by atoms with Crippen LogP contribution in [0.1, 0.15) is 24.8 Å². The number of aliphatic hydroxyl groups is 1. The fraction of sp³-hybridized carbons (Fsp3) is 0.524. The van der Waals surface area contributed by atoms with Gasteiger partial charge in [-0.05, 0) is 42.6 Å². The first-order valence-corrected chi connectivity index (χ1v) is 9.43. The molecule has 134 valence electrons. The van der Waals surface area contributed by atoms with E-state index in [-0.39, 0.29) is 6.61 Å². The normalized spacial score (nSPS) is 24.6. The number of methoxy groups -OCH3 is 1. The van der Waals surface area contributed by atoms with Crippen molar-refractivity contribution in [3.05, 3.63) is 42.0 Å². The van der Waals surface area contributed by atoms with Crippen molar-refractivity contribution in [3.63, 3.8) is 0 Å². The summed E-state index contributed by atoms with van der Waals surface area (Å²) < 4.78 is 5.69. The molecule has 2 heterocycles. The summed E-state index contributed by atoms with van der Waals surface area (Å²) in [5.74, 6) is 0.968. The maximum atomic E-state index is 9.55. The molecule has 4 rings (SSSR count). The second-order valence-electron chi connectivity index (χ2n) is 7.35. The molecule has 2 aromatic rings. The van der Waals surface area contributed by atoms with Gasteiger partial charge in [-0.2, -0.15) is 0 Å². The topological polar surface area (TPSA) is 35.9 Å². The molecule has 0 bridgehead atoms. The van der Waals surface area contributed by atoms with E-state index >= 15 is 0 Å². The molecule has 0 aliphatic carbocycles. The molecule has 0 unspecified atom stereocenters.